The maximum Gasteiger partial charge on any atom is 0.231 e. The zero-order valence-corrected chi connectivity index (χ0v) is 14.6. The molecule has 1 aromatic rings. The highest BCUT2D eigenvalue weighted by atomic mass is 16.6. The van der Waals surface area contributed by atoms with Crippen molar-refractivity contribution < 1.29 is 9.57 Å². The summed E-state index contributed by atoms with van der Waals surface area (Å²) in [6.07, 6.45) is 10.3. The van der Waals surface area contributed by atoms with Gasteiger partial charge in [-0.2, -0.15) is 0 Å². The molecule has 2 N–H and O–H groups in total. The first-order valence-corrected chi connectivity index (χ1v) is 8.21. The fourth-order valence-corrected chi connectivity index (χ4v) is 2.60. The van der Waals surface area contributed by atoms with Crippen molar-refractivity contribution in [1.82, 2.24) is 10.9 Å². The van der Waals surface area contributed by atoms with Gasteiger partial charge in [0.2, 0.25) is 5.90 Å². The van der Waals surface area contributed by atoms with E-state index in [0.717, 1.165) is 22.7 Å². The number of fused-ring (bicyclic) bond motifs is 2. The lowest BCUT2D eigenvalue weighted by Crippen LogP contribution is -2.28. The summed E-state index contributed by atoms with van der Waals surface area (Å²) in [5.74, 6) is 1.10. The molecule has 1 aliphatic carbocycles. The molecule has 1 aliphatic heterocycles. The van der Waals surface area contributed by atoms with Crippen LogP contribution in [0.3, 0.4) is 0 Å². The number of allylic oxidation sites excluding steroid dienone is 2. The summed E-state index contributed by atoms with van der Waals surface area (Å²) < 4.78 is 5.17. The standard InChI is InChI=1S/C19H21N5O2/c1-20-26-19(21-12-14-6-8-18(25-2)9-7-14)15-4-3-5-16-11-17(10-15)22-13-23-24-16/h3-10,13,15,24H,1,11-12H2,2H3,(H,22,23)/b4-3?,16-5+,17-10+,21-19?. The van der Waals surface area contributed by atoms with Crippen LogP contribution in [0.15, 0.2) is 75.1 Å². The van der Waals surface area contributed by atoms with Gasteiger partial charge in [-0.3, -0.25) is 5.43 Å². The number of hydrogen-bond donors (Lipinski definition) is 2. The molecule has 0 amide bonds. The fourth-order valence-electron chi connectivity index (χ4n) is 2.60. The Morgan fingerprint density at radius 2 is 2.19 bits per heavy atom. The Morgan fingerprint density at radius 1 is 1.35 bits per heavy atom. The van der Waals surface area contributed by atoms with Gasteiger partial charge < -0.3 is 15.0 Å². The first-order valence-electron chi connectivity index (χ1n) is 8.21. The minimum absolute atomic E-state index is 0.179. The van der Waals surface area contributed by atoms with Crippen molar-refractivity contribution >= 4 is 19.0 Å². The first-order chi connectivity index (χ1) is 12.8. The lowest BCUT2D eigenvalue weighted by molar-refractivity contribution is 0.315. The van der Waals surface area contributed by atoms with Crippen LogP contribution in [-0.2, 0) is 11.4 Å². The molecule has 0 aromatic heterocycles. The molecule has 7 nitrogen and oxygen atoms in total. The Balaban J connectivity index is 1.83. The molecular formula is C19H21N5O2. The molecule has 26 heavy (non-hydrogen) atoms. The number of rotatable bonds is 5. The zero-order chi connectivity index (χ0) is 18.2. The Labute approximate surface area is 152 Å². The van der Waals surface area contributed by atoms with E-state index in [1.807, 2.05) is 48.6 Å². The summed E-state index contributed by atoms with van der Waals surface area (Å²) >= 11 is 0. The van der Waals surface area contributed by atoms with E-state index in [9.17, 15) is 0 Å². The second-order valence-electron chi connectivity index (χ2n) is 5.69. The number of ether oxygens (including phenoxy) is 1. The van der Waals surface area contributed by atoms with Crippen LogP contribution in [0.4, 0.5) is 0 Å². The third-order valence-electron chi connectivity index (χ3n) is 3.91. The summed E-state index contributed by atoms with van der Waals surface area (Å²) in [5, 5.41) is 3.56. The van der Waals surface area contributed by atoms with Crippen LogP contribution in [0.25, 0.3) is 0 Å². The predicted octanol–water partition coefficient (Wildman–Crippen LogP) is 2.71. The average Bonchev–Trinajstić information content (AvgIpc) is 2.90. The van der Waals surface area contributed by atoms with Gasteiger partial charge in [-0.15, -0.1) is 0 Å². The van der Waals surface area contributed by atoms with Crippen molar-refractivity contribution in [3.63, 3.8) is 0 Å². The van der Waals surface area contributed by atoms with Crippen molar-refractivity contribution in [1.29, 1.82) is 0 Å². The Hall–Kier alpha value is -3.35. The number of methoxy groups -OCH3 is 1. The highest BCUT2D eigenvalue weighted by Crippen LogP contribution is 2.20. The number of hydrogen-bond acceptors (Lipinski definition) is 7. The van der Waals surface area contributed by atoms with E-state index >= 15 is 0 Å². The van der Waals surface area contributed by atoms with E-state index in [1.165, 1.54) is 0 Å². The molecule has 1 unspecified atom stereocenters. The Morgan fingerprint density at radius 3 is 2.96 bits per heavy atom. The van der Waals surface area contributed by atoms with Crippen molar-refractivity contribution in [2.24, 2.45) is 21.1 Å². The molecule has 7 heteroatoms. The number of hydrazine groups is 1. The van der Waals surface area contributed by atoms with Crippen LogP contribution < -0.4 is 15.6 Å². The molecule has 1 aromatic carbocycles. The lowest BCUT2D eigenvalue weighted by Gasteiger charge is -2.13. The van der Waals surface area contributed by atoms with Crippen LogP contribution >= 0.6 is 0 Å². The van der Waals surface area contributed by atoms with Gasteiger partial charge in [-0.05, 0) is 29.8 Å². The van der Waals surface area contributed by atoms with Gasteiger partial charge in [0, 0.05) is 24.5 Å². The lowest BCUT2D eigenvalue weighted by atomic mass is 10.0. The predicted molar refractivity (Wildman–Crippen MR) is 103 cm³/mol. The molecule has 2 bridgehead atoms. The largest absolute Gasteiger partial charge is 0.497 e. The van der Waals surface area contributed by atoms with Gasteiger partial charge in [-0.25, -0.2) is 9.98 Å². The maximum atomic E-state index is 5.35. The van der Waals surface area contributed by atoms with E-state index in [2.05, 4.69) is 32.7 Å². The molecule has 0 saturated carbocycles. The van der Waals surface area contributed by atoms with Crippen molar-refractivity contribution in [2.45, 2.75) is 13.0 Å². The highest BCUT2D eigenvalue weighted by molar-refractivity contribution is 5.83. The molecule has 2 aliphatic rings. The zero-order valence-electron chi connectivity index (χ0n) is 14.6. The minimum atomic E-state index is -0.179. The summed E-state index contributed by atoms with van der Waals surface area (Å²) in [6, 6.07) is 7.74. The average molecular weight is 351 g/mol. The number of nitrogens with one attached hydrogen (secondary N) is 2. The molecule has 1 heterocycles. The van der Waals surface area contributed by atoms with E-state index in [0.29, 0.717) is 18.9 Å². The number of nitrogens with zero attached hydrogens (tertiary/aromatic N) is 3. The van der Waals surface area contributed by atoms with Gasteiger partial charge in [0.25, 0.3) is 0 Å². The van der Waals surface area contributed by atoms with Crippen molar-refractivity contribution in [3.8, 4) is 5.75 Å². The monoisotopic (exact) mass is 351 g/mol. The first kappa shape index (κ1) is 17.5. The van der Waals surface area contributed by atoms with Crippen LogP contribution in [-0.4, -0.2) is 26.1 Å². The van der Waals surface area contributed by atoms with E-state index in [4.69, 9.17) is 9.57 Å². The summed E-state index contributed by atoms with van der Waals surface area (Å²) in [6.45, 7) is 3.88. The van der Waals surface area contributed by atoms with E-state index in [-0.39, 0.29) is 5.92 Å². The van der Waals surface area contributed by atoms with E-state index < -0.39 is 0 Å². The molecule has 0 spiro atoms. The summed E-state index contributed by atoms with van der Waals surface area (Å²) in [5.41, 5.74) is 8.97. The van der Waals surface area contributed by atoms with Crippen LogP contribution in [0, 0.1) is 5.92 Å². The molecular weight excluding hydrogens is 330 g/mol. The highest BCUT2D eigenvalue weighted by Gasteiger charge is 2.17. The molecule has 3 rings (SSSR count). The summed E-state index contributed by atoms with van der Waals surface area (Å²) in [7, 11) is 1.64. The quantitative estimate of drug-likeness (QED) is 0.486. The van der Waals surface area contributed by atoms with Gasteiger partial charge in [0.05, 0.1) is 19.6 Å². The summed E-state index contributed by atoms with van der Waals surface area (Å²) in [4.78, 5) is 14.3. The molecule has 134 valence electrons. The second kappa shape index (κ2) is 8.66. The Kier molecular flexibility index (Phi) is 5.82. The smallest absolute Gasteiger partial charge is 0.231 e. The number of oxime groups is 1. The van der Waals surface area contributed by atoms with Crippen molar-refractivity contribution in [3.05, 3.63) is 65.5 Å². The van der Waals surface area contributed by atoms with Gasteiger partial charge in [0.15, 0.2) is 0 Å². The second-order valence-corrected chi connectivity index (χ2v) is 5.69. The van der Waals surface area contributed by atoms with E-state index in [1.54, 1.807) is 13.4 Å². The number of benzene rings is 1. The Bertz CT molecular complexity index is 791. The molecule has 0 fully saturated rings. The number of aliphatic imine (C=N–C) groups is 2. The third kappa shape index (κ3) is 4.60. The normalized spacial score (nSPS) is 23.0. The molecule has 1 atom stereocenters. The maximum absolute atomic E-state index is 5.35. The van der Waals surface area contributed by atoms with Gasteiger partial charge in [-0.1, -0.05) is 29.4 Å². The topological polar surface area (TPSA) is 79.6 Å². The minimum Gasteiger partial charge on any atom is -0.497 e. The van der Waals surface area contributed by atoms with Crippen LogP contribution in [0.2, 0.25) is 0 Å². The molecule has 0 saturated heterocycles. The van der Waals surface area contributed by atoms with Crippen LogP contribution in [0.1, 0.15) is 12.0 Å². The third-order valence-corrected chi connectivity index (χ3v) is 3.91. The van der Waals surface area contributed by atoms with Gasteiger partial charge >= 0.3 is 0 Å². The van der Waals surface area contributed by atoms with Gasteiger partial charge in [0.1, 0.15) is 12.1 Å². The fraction of sp³-hybridized carbons (Fsp3) is 0.211. The van der Waals surface area contributed by atoms with Crippen LogP contribution in [0.5, 0.6) is 5.75 Å². The SMILES string of the molecule is C=NOC(=NCc1ccc(OC)cc1)C1C=C/C=C2\C/C(=C\1)N=CNN2. The molecule has 0 radical (unpaired) electrons. The van der Waals surface area contributed by atoms with Crippen molar-refractivity contribution in [2.75, 3.05) is 7.11 Å².